The van der Waals surface area contributed by atoms with E-state index < -0.39 is 0 Å². The summed E-state index contributed by atoms with van der Waals surface area (Å²) in [5, 5.41) is 13.4. The summed E-state index contributed by atoms with van der Waals surface area (Å²) in [4.78, 5) is 0. The second-order valence-corrected chi connectivity index (χ2v) is 5.53. The maximum Gasteiger partial charge on any atom is 0.133 e. The molecule has 2 aromatic rings. The van der Waals surface area contributed by atoms with Crippen LogP contribution in [0, 0.1) is 0 Å². The summed E-state index contributed by atoms with van der Waals surface area (Å²) >= 11 is 6.28. The van der Waals surface area contributed by atoms with E-state index in [2.05, 4.69) is 19.2 Å². The van der Waals surface area contributed by atoms with Gasteiger partial charge in [-0.05, 0) is 18.2 Å². The van der Waals surface area contributed by atoms with Crippen LogP contribution in [0.2, 0.25) is 5.02 Å². The van der Waals surface area contributed by atoms with Crippen LogP contribution in [0.1, 0.15) is 25.0 Å². The Bertz CT molecular complexity index is 599. The van der Waals surface area contributed by atoms with E-state index in [4.69, 9.17) is 16.3 Å². The maximum absolute atomic E-state index is 9.38. The average molecular weight is 306 g/mol. The highest BCUT2D eigenvalue weighted by molar-refractivity contribution is 6.31. The van der Waals surface area contributed by atoms with Crippen molar-refractivity contribution in [3.05, 3.63) is 58.6 Å². The first-order valence-electron chi connectivity index (χ1n) is 6.99. The van der Waals surface area contributed by atoms with Crippen molar-refractivity contribution in [2.24, 2.45) is 0 Å². The Balaban J connectivity index is 2.29. The van der Waals surface area contributed by atoms with Crippen LogP contribution in [-0.4, -0.2) is 11.1 Å². The van der Waals surface area contributed by atoms with Crippen molar-refractivity contribution in [1.82, 2.24) is 5.32 Å². The molecule has 0 heterocycles. The lowest BCUT2D eigenvalue weighted by atomic mass is 10.1. The van der Waals surface area contributed by atoms with Gasteiger partial charge in [-0.2, -0.15) is 0 Å². The number of nitrogens with one attached hydrogen (secondary N) is 1. The van der Waals surface area contributed by atoms with Crippen molar-refractivity contribution < 1.29 is 9.84 Å². The van der Waals surface area contributed by atoms with Crippen LogP contribution in [0.3, 0.4) is 0 Å². The molecule has 2 rings (SSSR count). The predicted octanol–water partition coefficient (Wildman–Crippen LogP) is 4.12. The Morgan fingerprint density at radius 2 is 1.81 bits per heavy atom. The van der Waals surface area contributed by atoms with E-state index in [1.165, 1.54) is 0 Å². The molecule has 3 nitrogen and oxygen atoms in total. The van der Waals surface area contributed by atoms with E-state index in [0.29, 0.717) is 29.1 Å². The molecular weight excluding hydrogens is 286 g/mol. The topological polar surface area (TPSA) is 41.5 Å². The van der Waals surface area contributed by atoms with E-state index in [0.717, 1.165) is 11.1 Å². The van der Waals surface area contributed by atoms with E-state index in [1.54, 1.807) is 0 Å². The SMILES string of the molecule is CC(C)NCc1c(Cl)cccc1Oc1ccccc1CO. The molecule has 0 atom stereocenters. The van der Waals surface area contributed by atoms with Gasteiger partial charge in [0.1, 0.15) is 11.5 Å². The molecule has 21 heavy (non-hydrogen) atoms. The number of hydrogen-bond donors (Lipinski definition) is 2. The lowest BCUT2D eigenvalue weighted by Gasteiger charge is -2.16. The minimum atomic E-state index is -0.0592. The summed E-state index contributed by atoms with van der Waals surface area (Å²) in [6.07, 6.45) is 0. The van der Waals surface area contributed by atoms with Crippen molar-refractivity contribution in [2.75, 3.05) is 0 Å². The van der Waals surface area contributed by atoms with Gasteiger partial charge in [-0.1, -0.05) is 49.7 Å². The minimum Gasteiger partial charge on any atom is -0.457 e. The lowest BCUT2D eigenvalue weighted by Crippen LogP contribution is -2.22. The van der Waals surface area contributed by atoms with Crippen LogP contribution in [0.5, 0.6) is 11.5 Å². The molecule has 4 heteroatoms. The van der Waals surface area contributed by atoms with Gasteiger partial charge in [-0.25, -0.2) is 0 Å². The molecule has 0 spiro atoms. The first-order valence-corrected chi connectivity index (χ1v) is 7.37. The highest BCUT2D eigenvalue weighted by atomic mass is 35.5. The molecule has 2 aromatic carbocycles. The number of ether oxygens (including phenoxy) is 1. The average Bonchev–Trinajstić information content (AvgIpc) is 2.47. The normalized spacial score (nSPS) is 10.9. The third-order valence-electron chi connectivity index (χ3n) is 3.13. The summed E-state index contributed by atoms with van der Waals surface area (Å²) in [7, 11) is 0. The maximum atomic E-state index is 9.38. The fourth-order valence-corrected chi connectivity index (χ4v) is 2.20. The first-order chi connectivity index (χ1) is 10.1. The second-order valence-electron chi connectivity index (χ2n) is 5.12. The van der Waals surface area contributed by atoms with E-state index in [-0.39, 0.29) is 6.61 Å². The first kappa shape index (κ1) is 15.8. The standard InChI is InChI=1S/C17H20ClNO2/c1-12(2)19-10-14-15(18)7-5-9-17(14)21-16-8-4-3-6-13(16)11-20/h3-9,12,19-20H,10-11H2,1-2H3. The molecule has 2 N–H and O–H groups in total. The van der Waals surface area contributed by atoms with Crippen molar-refractivity contribution in [2.45, 2.75) is 33.0 Å². The van der Waals surface area contributed by atoms with Crippen molar-refractivity contribution in [3.63, 3.8) is 0 Å². The molecular formula is C17H20ClNO2. The molecule has 0 aliphatic heterocycles. The van der Waals surface area contributed by atoms with Crippen LogP contribution in [-0.2, 0) is 13.2 Å². The Morgan fingerprint density at radius 3 is 2.52 bits per heavy atom. The van der Waals surface area contributed by atoms with Gasteiger partial charge in [0.15, 0.2) is 0 Å². The van der Waals surface area contributed by atoms with Crippen LogP contribution in [0.15, 0.2) is 42.5 Å². The van der Waals surface area contributed by atoms with Crippen LogP contribution < -0.4 is 10.1 Å². The summed E-state index contributed by atoms with van der Waals surface area (Å²) in [5.41, 5.74) is 1.67. The molecule has 0 saturated carbocycles. The Morgan fingerprint density at radius 1 is 1.10 bits per heavy atom. The third kappa shape index (κ3) is 4.21. The lowest BCUT2D eigenvalue weighted by molar-refractivity contribution is 0.276. The van der Waals surface area contributed by atoms with Gasteiger partial charge in [0.2, 0.25) is 0 Å². The van der Waals surface area contributed by atoms with Gasteiger partial charge < -0.3 is 15.2 Å². The number of halogens is 1. The number of aliphatic hydroxyl groups excluding tert-OH is 1. The quantitative estimate of drug-likeness (QED) is 0.843. The second kappa shape index (κ2) is 7.46. The van der Waals surface area contributed by atoms with Gasteiger partial charge in [0.25, 0.3) is 0 Å². The van der Waals surface area contributed by atoms with Crippen LogP contribution in [0.25, 0.3) is 0 Å². The van der Waals surface area contributed by atoms with Gasteiger partial charge in [-0.15, -0.1) is 0 Å². The summed E-state index contributed by atoms with van der Waals surface area (Å²) in [5.74, 6) is 1.35. The third-order valence-corrected chi connectivity index (χ3v) is 3.48. The van der Waals surface area contributed by atoms with Gasteiger partial charge in [-0.3, -0.25) is 0 Å². The van der Waals surface area contributed by atoms with Gasteiger partial charge in [0, 0.05) is 28.7 Å². The van der Waals surface area contributed by atoms with E-state index in [1.807, 2.05) is 42.5 Å². The summed E-state index contributed by atoms with van der Waals surface area (Å²) in [6, 6.07) is 13.4. The number of hydrogen-bond acceptors (Lipinski definition) is 3. The van der Waals surface area contributed by atoms with Gasteiger partial charge in [0.05, 0.1) is 6.61 Å². The molecule has 0 amide bonds. The largest absolute Gasteiger partial charge is 0.457 e. The van der Waals surface area contributed by atoms with Crippen molar-refractivity contribution >= 4 is 11.6 Å². The van der Waals surface area contributed by atoms with Crippen LogP contribution >= 0.6 is 11.6 Å². The zero-order valence-corrected chi connectivity index (χ0v) is 13.0. The number of aliphatic hydroxyl groups is 1. The number of para-hydroxylation sites is 1. The molecule has 0 unspecified atom stereocenters. The number of benzene rings is 2. The highest BCUT2D eigenvalue weighted by Crippen LogP contribution is 2.32. The summed E-state index contributed by atoms with van der Waals surface area (Å²) in [6.45, 7) is 4.74. The highest BCUT2D eigenvalue weighted by Gasteiger charge is 2.11. The van der Waals surface area contributed by atoms with Crippen LogP contribution in [0.4, 0.5) is 0 Å². The molecule has 0 aliphatic rings. The molecule has 0 aliphatic carbocycles. The smallest absolute Gasteiger partial charge is 0.133 e. The number of rotatable bonds is 6. The Hall–Kier alpha value is -1.55. The minimum absolute atomic E-state index is 0.0592. The van der Waals surface area contributed by atoms with Crippen molar-refractivity contribution in [1.29, 1.82) is 0 Å². The molecule has 112 valence electrons. The fraction of sp³-hybridized carbons (Fsp3) is 0.294. The monoisotopic (exact) mass is 305 g/mol. The Kier molecular flexibility index (Phi) is 5.62. The van der Waals surface area contributed by atoms with E-state index in [9.17, 15) is 5.11 Å². The Labute approximate surface area is 130 Å². The molecule has 0 fully saturated rings. The molecule has 0 radical (unpaired) electrons. The molecule has 0 aromatic heterocycles. The fourth-order valence-electron chi connectivity index (χ4n) is 1.96. The molecule has 0 saturated heterocycles. The summed E-state index contributed by atoms with van der Waals surface area (Å²) < 4.78 is 5.96. The van der Waals surface area contributed by atoms with Crippen molar-refractivity contribution in [3.8, 4) is 11.5 Å². The zero-order valence-electron chi connectivity index (χ0n) is 12.3. The van der Waals surface area contributed by atoms with Gasteiger partial charge >= 0.3 is 0 Å². The predicted molar refractivity (Wildman–Crippen MR) is 85.9 cm³/mol. The molecule has 0 bridgehead atoms. The van der Waals surface area contributed by atoms with E-state index >= 15 is 0 Å². The zero-order chi connectivity index (χ0) is 15.2.